The van der Waals surface area contributed by atoms with Crippen LogP contribution >= 0.6 is 0 Å². The van der Waals surface area contributed by atoms with Crippen LogP contribution in [0, 0.1) is 0 Å². The number of piperidine rings is 2. The van der Waals surface area contributed by atoms with Crippen LogP contribution in [0.5, 0.6) is 0 Å². The lowest BCUT2D eigenvalue weighted by Crippen LogP contribution is -2.21. The van der Waals surface area contributed by atoms with E-state index in [1.165, 1.54) is 96.8 Å². The average Bonchev–Trinajstić information content (AvgIpc) is 3.27. The maximum atomic E-state index is 5.07. The second-order valence-electron chi connectivity index (χ2n) is 6.61. The molecular weight excluding hydrogens is 288 g/mol. The van der Waals surface area contributed by atoms with Crippen molar-refractivity contribution in [3.63, 3.8) is 0 Å². The highest BCUT2D eigenvalue weighted by Crippen LogP contribution is 2.02. The molecule has 138 valence electrons. The Morgan fingerprint density at radius 1 is 0.348 bits per heavy atom. The van der Waals surface area contributed by atoms with E-state index in [0.29, 0.717) is 0 Å². The molecule has 0 aromatic carbocycles. The van der Waals surface area contributed by atoms with Gasteiger partial charge in [0.25, 0.3) is 0 Å². The van der Waals surface area contributed by atoms with Crippen molar-refractivity contribution < 1.29 is 9.47 Å². The van der Waals surface area contributed by atoms with Crippen molar-refractivity contribution in [3.05, 3.63) is 0 Å². The highest BCUT2D eigenvalue weighted by Gasteiger charge is 1.96. The van der Waals surface area contributed by atoms with E-state index in [1.54, 1.807) is 0 Å². The highest BCUT2D eigenvalue weighted by molar-refractivity contribution is 4.55. The number of hydrogen-bond donors (Lipinski definition) is 2. The van der Waals surface area contributed by atoms with Crippen LogP contribution in [0.25, 0.3) is 0 Å². The SMILES string of the molecule is C1CCNCC1.C1CCNCC1.C1CCOC1.C1CCOCC1. The minimum atomic E-state index is 1.00. The number of ether oxygens (including phenoxy) is 2. The summed E-state index contributed by atoms with van der Waals surface area (Å²) in [6, 6.07) is 0. The van der Waals surface area contributed by atoms with Gasteiger partial charge in [0.15, 0.2) is 0 Å². The van der Waals surface area contributed by atoms with Gasteiger partial charge in [-0.1, -0.05) is 12.8 Å². The number of rotatable bonds is 0. The van der Waals surface area contributed by atoms with Gasteiger partial charge in [0.1, 0.15) is 0 Å². The first-order chi connectivity index (χ1) is 11.5. The first kappa shape index (κ1) is 20.9. The van der Waals surface area contributed by atoms with Crippen molar-refractivity contribution >= 4 is 0 Å². The summed E-state index contributed by atoms with van der Waals surface area (Å²) >= 11 is 0. The van der Waals surface area contributed by atoms with E-state index in [9.17, 15) is 0 Å². The van der Waals surface area contributed by atoms with Gasteiger partial charge in [0.05, 0.1) is 0 Å². The first-order valence-corrected chi connectivity index (χ1v) is 10.1. The standard InChI is InChI=1S/2C5H11N.C5H10O.C4H8O/c3*1-2-4-6-5-3-1;1-2-4-5-3-1/h2*6H,1-5H2;1-5H2;1-4H2. The molecule has 2 N–H and O–H groups in total. The molecule has 23 heavy (non-hydrogen) atoms. The molecule has 4 saturated heterocycles. The Morgan fingerprint density at radius 2 is 0.652 bits per heavy atom. The third-order valence-electron chi connectivity index (χ3n) is 4.32. The summed E-state index contributed by atoms with van der Waals surface area (Å²) < 4.78 is 10.0. The van der Waals surface area contributed by atoms with Crippen LogP contribution in [0.3, 0.4) is 0 Å². The van der Waals surface area contributed by atoms with Crippen LogP contribution in [-0.2, 0) is 9.47 Å². The molecule has 0 radical (unpaired) electrons. The van der Waals surface area contributed by atoms with Crippen LogP contribution in [0.1, 0.15) is 70.6 Å². The fraction of sp³-hybridized carbons (Fsp3) is 1.00. The zero-order valence-electron chi connectivity index (χ0n) is 15.3. The van der Waals surface area contributed by atoms with Crippen molar-refractivity contribution in [3.8, 4) is 0 Å². The third kappa shape index (κ3) is 16.5. The topological polar surface area (TPSA) is 42.5 Å². The Morgan fingerprint density at radius 3 is 0.783 bits per heavy atom. The van der Waals surface area contributed by atoms with Gasteiger partial charge < -0.3 is 20.1 Å². The predicted octanol–water partition coefficient (Wildman–Crippen LogP) is 3.50. The lowest BCUT2D eigenvalue weighted by Gasteiger charge is -2.08. The predicted molar refractivity (Wildman–Crippen MR) is 98.2 cm³/mol. The van der Waals surface area contributed by atoms with Gasteiger partial charge in [0, 0.05) is 26.4 Å². The van der Waals surface area contributed by atoms with Crippen LogP contribution in [-0.4, -0.2) is 52.6 Å². The summed E-state index contributed by atoms with van der Waals surface area (Å²) in [4.78, 5) is 0. The smallest absolute Gasteiger partial charge is 0.0466 e. The molecular formula is C19H40N2O2. The molecule has 0 aromatic rings. The summed E-state index contributed by atoms with van der Waals surface area (Å²) in [7, 11) is 0. The molecule has 4 aliphatic heterocycles. The van der Waals surface area contributed by atoms with E-state index in [1.807, 2.05) is 0 Å². The largest absolute Gasteiger partial charge is 0.381 e. The third-order valence-corrected chi connectivity index (χ3v) is 4.32. The summed E-state index contributed by atoms with van der Waals surface area (Å²) in [6.45, 7) is 9.00. The minimum absolute atomic E-state index is 1.00. The van der Waals surface area contributed by atoms with Crippen LogP contribution < -0.4 is 10.6 Å². The van der Waals surface area contributed by atoms with Crippen LogP contribution in [0.2, 0.25) is 0 Å². The summed E-state index contributed by atoms with van der Waals surface area (Å²) in [5.41, 5.74) is 0. The molecule has 4 heterocycles. The molecule has 0 unspecified atom stereocenters. The first-order valence-electron chi connectivity index (χ1n) is 10.1. The van der Waals surface area contributed by atoms with Crippen molar-refractivity contribution in [1.29, 1.82) is 0 Å². The highest BCUT2D eigenvalue weighted by atomic mass is 16.5. The molecule has 4 heteroatoms. The van der Waals surface area contributed by atoms with Gasteiger partial charge in [-0.2, -0.15) is 0 Å². The molecule has 0 atom stereocenters. The van der Waals surface area contributed by atoms with E-state index in [-0.39, 0.29) is 0 Å². The van der Waals surface area contributed by atoms with E-state index < -0.39 is 0 Å². The normalized spacial score (nSPS) is 24.0. The maximum Gasteiger partial charge on any atom is 0.0466 e. The summed E-state index contributed by atoms with van der Waals surface area (Å²) in [5.74, 6) is 0. The molecule has 0 bridgehead atoms. The molecule has 0 saturated carbocycles. The van der Waals surface area contributed by atoms with Crippen molar-refractivity contribution in [2.45, 2.75) is 70.6 Å². The number of nitrogens with one attached hydrogen (secondary N) is 2. The second kappa shape index (κ2) is 18.2. The lowest BCUT2D eigenvalue weighted by atomic mass is 10.2. The molecule has 4 fully saturated rings. The maximum absolute atomic E-state index is 5.07. The van der Waals surface area contributed by atoms with Gasteiger partial charge in [0.2, 0.25) is 0 Å². The van der Waals surface area contributed by atoms with E-state index in [2.05, 4.69) is 10.6 Å². The van der Waals surface area contributed by atoms with Crippen molar-refractivity contribution in [2.24, 2.45) is 0 Å². The monoisotopic (exact) mass is 328 g/mol. The fourth-order valence-corrected chi connectivity index (χ4v) is 2.80. The average molecular weight is 329 g/mol. The van der Waals surface area contributed by atoms with Gasteiger partial charge in [-0.25, -0.2) is 0 Å². The Hall–Kier alpha value is -0.160. The molecule has 0 amide bonds. The van der Waals surface area contributed by atoms with Gasteiger partial charge in [-0.05, 0) is 84.0 Å². The molecule has 0 spiro atoms. The van der Waals surface area contributed by atoms with Crippen LogP contribution in [0.15, 0.2) is 0 Å². The summed E-state index contributed by atoms with van der Waals surface area (Å²) in [6.07, 6.45) is 14.9. The van der Waals surface area contributed by atoms with Gasteiger partial charge in [-0.3, -0.25) is 0 Å². The lowest BCUT2D eigenvalue weighted by molar-refractivity contribution is 0.0968. The van der Waals surface area contributed by atoms with Gasteiger partial charge in [-0.15, -0.1) is 0 Å². The minimum Gasteiger partial charge on any atom is -0.381 e. The molecule has 0 aromatic heterocycles. The Kier molecular flexibility index (Phi) is 16.5. The van der Waals surface area contributed by atoms with Crippen molar-refractivity contribution in [1.82, 2.24) is 10.6 Å². The summed E-state index contributed by atoms with van der Waals surface area (Å²) in [5, 5.41) is 6.57. The van der Waals surface area contributed by atoms with E-state index >= 15 is 0 Å². The molecule has 4 aliphatic rings. The van der Waals surface area contributed by atoms with Crippen molar-refractivity contribution in [2.75, 3.05) is 52.6 Å². The quantitative estimate of drug-likeness (QED) is 0.714. The van der Waals surface area contributed by atoms with E-state index in [4.69, 9.17) is 9.47 Å². The van der Waals surface area contributed by atoms with Gasteiger partial charge >= 0.3 is 0 Å². The second-order valence-corrected chi connectivity index (χ2v) is 6.61. The van der Waals surface area contributed by atoms with E-state index in [0.717, 1.165) is 26.4 Å². The Balaban J connectivity index is 0.000000154. The Bertz CT molecular complexity index is 141. The molecule has 0 aliphatic carbocycles. The fourth-order valence-electron chi connectivity index (χ4n) is 2.80. The zero-order chi connectivity index (χ0) is 16.3. The Labute approximate surface area is 144 Å². The molecule has 4 rings (SSSR count). The zero-order valence-corrected chi connectivity index (χ0v) is 15.3. The molecule has 4 nitrogen and oxygen atoms in total. The number of hydrogen-bond acceptors (Lipinski definition) is 4. The van der Waals surface area contributed by atoms with Crippen LogP contribution in [0.4, 0.5) is 0 Å².